The predicted octanol–water partition coefficient (Wildman–Crippen LogP) is 2.81. The lowest BCUT2D eigenvalue weighted by Gasteiger charge is -2.43. The summed E-state index contributed by atoms with van der Waals surface area (Å²) in [7, 11) is -2.55. The van der Waals surface area contributed by atoms with Gasteiger partial charge in [0.25, 0.3) is 0 Å². The third-order valence-corrected chi connectivity index (χ3v) is 10.6. The zero-order chi connectivity index (χ0) is 29.3. The second-order valence-electron chi connectivity index (χ2n) is 11.4. The van der Waals surface area contributed by atoms with Gasteiger partial charge in [0.2, 0.25) is 15.9 Å². The fourth-order valence-corrected chi connectivity index (χ4v) is 8.00. The molecule has 0 aliphatic carbocycles. The van der Waals surface area contributed by atoms with Gasteiger partial charge in [0.05, 0.1) is 19.8 Å². The Morgan fingerprint density at radius 3 is 2.60 bits per heavy atom. The van der Waals surface area contributed by atoms with Crippen LogP contribution < -0.4 is 14.8 Å². The van der Waals surface area contributed by atoms with E-state index in [9.17, 15) is 18.3 Å². The van der Waals surface area contributed by atoms with Gasteiger partial charge in [0.15, 0.2) is 0 Å². The third kappa shape index (κ3) is 5.74. The van der Waals surface area contributed by atoms with Crippen LogP contribution >= 0.6 is 0 Å². The van der Waals surface area contributed by atoms with Gasteiger partial charge in [-0.1, -0.05) is 18.2 Å². The highest BCUT2D eigenvalue weighted by atomic mass is 32.2. The van der Waals surface area contributed by atoms with Crippen molar-refractivity contribution in [1.82, 2.24) is 19.5 Å². The predicted molar refractivity (Wildman–Crippen MR) is 156 cm³/mol. The van der Waals surface area contributed by atoms with Crippen LogP contribution in [0.25, 0.3) is 11.1 Å². The number of carbonyl (C=O) groups is 1. The van der Waals surface area contributed by atoms with Crippen LogP contribution in [0, 0.1) is 0 Å². The van der Waals surface area contributed by atoms with Crippen molar-refractivity contribution in [3.8, 4) is 22.6 Å². The molecule has 2 atom stereocenters. The molecule has 1 aromatic heterocycles. The van der Waals surface area contributed by atoms with Crippen molar-refractivity contribution in [2.24, 2.45) is 0 Å². The van der Waals surface area contributed by atoms with E-state index in [2.05, 4.69) is 15.2 Å². The van der Waals surface area contributed by atoms with Gasteiger partial charge in [-0.2, -0.15) is 4.31 Å². The van der Waals surface area contributed by atoms with Crippen molar-refractivity contribution in [3.05, 3.63) is 72.6 Å². The lowest BCUT2D eigenvalue weighted by molar-refractivity contribution is -0.127. The number of ether oxygens (including phenoxy) is 2. The summed E-state index contributed by atoms with van der Waals surface area (Å²) in [6.45, 7) is 2.43. The third-order valence-electron chi connectivity index (χ3n) is 8.66. The number of sulfonamides is 1. The fourth-order valence-electron chi connectivity index (χ4n) is 6.25. The van der Waals surface area contributed by atoms with E-state index in [0.717, 1.165) is 35.1 Å². The number of nitrogens with zero attached hydrogens (tertiary/aromatic N) is 3. The van der Waals surface area contributed by atoms with E-state index in [4.69, 9.17) is 9.47 Å². The van der Waals surface area contributed by atoms with E-state index in [1.54, 1.807) is 31.6 Å². The molecule has 0 unspecified atom stereocenters. The number of methoxy groups -OCH3 is 1. The molecule has 42 heavy (non-hydrogen) atoms. The van der Waals surface area contributed by atoms with Gasteiger partial charge in [-0.3, -0.25) is 14.7 Å². The summed E-state index contributed by atoms with van der Waals surface area (Å²) >= 11 is 0. The molecule has 10 nitrogen and oxygen atoms in total. The minimum absolute atomic E-state index is 0.0100. The maximum absolute atomic E-state index is 14.0. The summed E-state index contributed by atoms with van der Waals surface area (Å²) < 4.78 is 40.7. The van der Waals surface area contributed by atoms with Crippen LogP contribution in [0.4, 0.5) is 0 Å². The summed E-state index contributed by atoms with van der Waals surface area (Å²) in [5.41, 5.74) is 2.27. The van der Waals surface area contributed by atoms with E-state index in [-0.39, 0.29) is 36.1 Å². The van der Waals surface area contributed by atoms with Gasteiger partial charge in [-0.05, 0) is 65.9 Å². The van der Waals surface area contributed by atoms with Gasteiger partial charge in [-0.25, -0.2) is 8.42 Å². The zero-order valence-corrected chi connectivity index (χ0v) is 24.4. The van der Waals surface area contributed by atoms with E-state index < -0.39 is 27.7 Å². The maximum Gasteiger partial charge on any atom is 0.247 e. The first-order valence-corrected chi connectivity index (χ1v) is 15.7. The number of rotatable bonds is 4. The molecule has 3 aliphatic rings. The Morgan fingerprint density at radius 1 is 1.07 bits per heavy atom. The molecule has 0 radical (unpaired) electrons. The fraction of sp³-hybridized carbons (Fsp3) is 0.419. The van der Waals surface area contributed by atoms with Crippen LogP contribution in [-0.2, 0) is 21.4 Å². The Hall–Kier alpha value is -3.51. The molecule has 11 heteroatoms. The van der Waals surface area contributed by atoms with E-state index in [1.165, 1.54) is 11.6 Å². The number of aliphatic hydroxyl groups is 1. The summed E-state index contributed by atoms with van der Waals surface area (Å²) in [6.07, 6.45) is 4.62. The average molecular weight is 593 g/mol. The standard InChI is InChI=1S/C31H36N4O6S/c1-40-26-4-2-3-23(17-26)24-5-6-29-28(18-24)41-16-11-31(9-14-34(15-10-31)20-22-7-12-32-13-8-22)33-30(37)27-19-25(36)21-35(27)42(29,38)39/h2-8,12-13,17-18,25,27,36H,9-11,14-16,19-21H2,1H3,(H,33,37)/t25-,27+/m1/s1. The number of piperidine rings is 1. The molecule has 3 aromatic rings. The first-order valence-electron chi connectivity index (χ1n) is 14.3. The van der Waals surface area contributed by atoms with Crippen LogP contribution in [0.5, 0.6) is 11.5 Å². The normalized spacial score (nSPS) is 24.1. The summed E-state index contributed by atoms with van der Waals surface area (Å²) in [6, 6.07) is 15.5. The molecular weight excluding hydrogens is 556 g/mol. The van der Waals surface area contributed by atoms with Crippen LogP contribution in [-0.4, -0.2) is 84.7 Å². The number of amides is 1. The first-order chi connectivity index (χ1) is 20.3. The second-order valence-corrected chi connectivity index (χ2v) is 13.2. The molecule has 1 spiro atoms. The lowest BCUT2D eigenvalue weighted by atomic mass is 9.84. The molecule has 0 bridgehead atoms. The number of nitrogens with one attached hydrogen (secondary N) is 1. The zero-order valence-electron chi connectivity index (χ0n) is 23.6. The molecule has 222 valence electrons. The molecule has 3 aliphatic heterocycles. The van der Waals surface area contributed by atoms with Crippen molar-refractivity contribution < 1.29 is 27.8 Å². The Labute approximate surface area is 246 Å². The van der Waals surface area contributed by atoms with E-state index >= 15 is 0 Å². The Morgan fingerprint density at radius 2 is 1.83 bits per heavy atom. The van der Waals surface area contributed by atoms with E-state index in [0.29, 0.717) is 25.0 Å². The minimum atomic E-state index is -4.15. The number of benzene rings is 2. The van der Waals surface area contributed by atoms with Crippen molar-refractivity contribution in [3.63, 3.8) is 0 Å². The second kappa shape index (κ2) is 11.6. The quantitative estimate of drug-likeness (QED) is 0.475. The monoisotopic (exact) mass is 592 g/mol. The van der Waals surface area contributed by atoms with Crippen molar-refractivity contribution in [2.45, 2.75) is 54.8 Å². The molecule has 2 saturated heterocycles. The highest BCUT2D eigenvalue weighted by molar-refractivity contribution is 7.89. The molecule has 0 saturated carbocycles. The van der Waals surface area contributed by atoms with Gasteiger partial charge in [-0.15, -0.1) is 0 Å². The Balaban J connectivity index is 1.31. The largest absolute Gasteiger partial charge is 0.497 e. The molecular formula is C31H36N4O6S. The highest BCUT2D eigenvalue weighted by Gasteiger charge is 2.47. The number of aliphatic hydroxyl groups excluding tert-OH is 1. The number of hydrogen-bond acceptors (Lipinski definition) is 8. The molecule has 1 amide bonds. The topological polar surface area (TPSA) is 121 Å². The number of fused-ring (bicyclic) bond motifs is 2. The smallest absolute Gasteiger partial charge is 0.247 e. The first kappa shape index (κ1) is 28.6. The van der Waals surface area contributed by atoms with Gasteiger partial charge in [0, 0.05) is 57.0 Å². The molecule has 4 heterocycles. The van der Waals surface area contributed by atoms with Gasteiger partial charge < -0.3 is 19.9 Å². The van der Waals surface area contributed by atoms with Crippen molar-refractivity contribution in [1.29, 1.82) is 0 Å². The number of likely N-dealkylation sites (tertiary alicyclic amines) is 1. The van der Waals surface area contributed by atoms with Crippen LogP contribution in [0.2, 0.25) is 0 Å². The maximum atomic E-state index is 14.0. The highest BCUT2D eigenvalue weighted by Crippen LogP contribution is 2.37. The number of aromatic nitrogens is 1. The Kier molecular flexibility index (Phi) is 7.93. The van der Waals surface area contributed by atoms with E-state index in [1.807, 2.05) is 36.4 Å². The average Bonchev–Trinajstić information content (AvgIpc) is 3.41. The summed E-state index contributed by atoms with van der Waals surface area (Å²) in [5.74, 6) is 0.553. The van der Waals surface area contributed by atoms with Gasteiger partial charge >= 0.3 is 0 Å². The minimum Gasteiger partial charge on any atom is -0.497 e. The van der Waals surface area contributed by atoms with Crippen molar-refractivity contribution in [2.75, 3.05) is 33.4 Å². The summed E-state index contributed by atoms with van der Waals surface area (Å²) in [4.78, 5) is 20.2. The molecule has 2 fully saturated rings. The molecule has 6 rings (SSSR count). The van der Waals surface area contributed by atoms with Gasteiger partial charge in [0.1, 0.15) is 22.4 Å². The lowest BCUT2D eigenvalue weighted by Crippen LogP contribution is -2.59. The molecule has 2 aromatic carbocycles. The number of carbonyl (C=O) groups excluding carboxylic acids is 1. The van der Waals surface area contributed by atoms with Crippen LogP contribution in [0.1, 0.15) is 31.2 Å². The van der Waals surface area contributed by atoms with Crippen LogP contribution in [0.15, 0.2) is 71.9 Å². The number of hydrogen-bond donors (Lipinski definition) is 2. The Bertz CT molecular complexity index is 1540. The van der Waals surface area contributed by atoms with Crippen molar-refractivity contribution >= 4 is 15.9 Å². The van der Waals surface area contributed by atoms with Crippen LogP contribution in [0.3, 0.4) is 0 Å². The SMILES string of the molecule is COc1cccc(-c2ccc3c(c2)OCCC2(CCN(Cc4ccncc4)CC2)NC(=O)[C@@H]2C[C@@H](O)CN2S3(=O)=O)c1. The number of pyridine rings is 1. The summed E-state index contributed by atoms with van der Waals surface area (Å²) in [5, 5.41) is 13.8. The molecule has 2 N–H and O–H groups in total.